The van der Waals surface area contributed by atoms with Crippen LogP contribution in [0.2, 0.25) is 0 Å². The van der Waals surface area contributed by atoms with Gasteiger partial charge in [-0.15, -0.1) is 10.2 Å². The number of carbonyl (C=O) groups is 3. The second kappa shape index (κ2) is 9.49. The summed E-state index contributed by atoms with van der Waals surface area (Å²) in [5, 5.41) is 12.7. The molecule has 10 nitrogen and oxygen atoms in total. The highest BCUT2D eigenvalue weighted by Gasteiger charge is 2.52. The Morgan fingerprint density at radius 3 is 2.63 bits per heavy atom. The largest absolute Gasteiger partial charge is 0.344 e. The maximum Gasteiger partial charge on any atom is 0.344 e. The number of hydrazine groups is 1. The number of pyridine rings is 1. The van der Waals surface area contributed by atoms with E-state index in [2.05, 4.69) is 32.8 Å². The van der Waals surface area contributed by atoms with Crippen molar-refractivity contribution in [1.29, 1.82) is 0 Å². The lowest BCUT2D eigenvalue weighted by Crippen LogP contribution is -2.51. The van der Waals surface area contributed by atoms with Gasteiger partial charge in [-0.1, -0.05) is 36.9 Å². The van der Waals surface area contributed by atoms with Gasteiger partial charge in [-0.05, 0) is 55.9 Å². The first-order valence-corrected chi connectivity index (χ1v) is 12.5. The molecule has 5 rings (SSSR count). The van der Waals surface area contributed by atoms with Crippen LogP contribution in [0.3, 0.4) is 0 Å². The molecule has 35 heavy (non-hydrogen) atoms. The second-order valence-corrected chi connectivity index (χ2v) is 9.82. The number of para-hydroxylation sites is 1. The molecule has 3 aromatic rings. The van der Waals surface area contributed by atoms with E-state index in [4.69, 9.17) is 0 Å². The first-order chi connectivity index (χ1) is 17.0. The van der Waals surface area contributed by atoms with Crippen LogP contribution >= 0.6 is 11.8 Å². The Kier molecular flexibility index (Phi) is 6.25. The van der Waals surface area contributed by atoms with Gasteiger partial charge in [0.2, 0.25) is 5.91 Å². The molecule has 0 atom stereocenters. The van der Waals surface area contributed by atoms with Crippen molar-refractivity contribution in [2.24, 2.45) is 5.92 Å². The highest BCUT2D eigenvalue weighted by molar-refractivity contribution is 7.99. The third-order valence-electron chi connectivity index (χ3n) is 6.43. The highest BCUT2D eigenvalue weighted by atomic mass is 32.2. The summed E-state index contributed by atoms with van der Waals surface area (Å²) in [6.07, 6.45) is 6.26. The molecular formula is C24H25N7O3S. The van der Waals surface area contributed by atoms with Crippen LogP contribution in [-0.2, 0) is 9.59 Å². The van der Waals surface area contributed by atoms with E-state index in [9.17, 15) is 14.4 Å². The molecule has 2 aromatic heterocycles. The zero-order valence-corrected chi connectivity index (χ0v) is 20.0. The zero-order chi connectivity index (χ0) is 24.4. The minimum atomic E-state index is -0.907. The van der Waals surface area contributed by atoms with Crippen LogP contribution in [0.15, 0.2) is 60.0 Å². The number of aromatic nitrogens is 4. The molecule has 4 amide bonds. The van der Waals surface area contributed by atoms with E-state index >= 15 is 0 Å². The Balaban J connectivity index is 1.30. The van der Waals surface area contributed by atoms with Crippen molar-refractivity contribution in [1.82, 2.24) is 35.5 Å². The molecule has 0 unspecified atom stereocenters. The van der Waals surface area contributed by atoms with Crippen molar-refractivity contribution in [2.75, 3.05) is 5.75 Å². The van der Waals surface area contributed by atoms with Gasteiger partial charge in [-0.3, -0.25) is 24.6 Å². The molecule has 2 fully saturated rings. The molecule has 1 aromatic carbocycles. The molecule has 1 spiro atoms. The number of benzene rings is 1. The number of thioether (sulfide) groups is 1. The fourth-order valence-corrected chi connectivity index (χ4v) is 5.20. The van der Waals surface area contributed by atoms with E-state index in [1.807, 2.05) is 47.0 Å². The number of hydrogen-bond acceptors (Lipinski definition) is 7. The van der Waals surface area contributed by atoms with Gasteiger partial charge in [0.05, 0.1) is 5.75 Å². The summed E-state index contributed by atoms with van der Waals surface area (Å²) in [4.78, 5) is 42.4. The van der Waals surface area contributed by atoms with Crippen molar-refractivity contribution in [3.8, 4) is 17.1 Å². The molecule has 1 saturated heterocycles. The molecule has 180 valence electrons. The van der Waals surface area contributed by atoms with Gasteiger partial charge in [0, 0.05) is 23.6 Å². The minimum absolute atomic E-state index is 0.0564. The van der Waals surface area contributed by atoms with Crippen LogP contribution in [0, 0.1) is 5.92 Å². The lowest BCUT2D eigenvalue weighted by molar-refractivity contribution is -0.139. The highest BCUT2D eigenvalue weighted by Crippen LogP contribution is 2.36. The van der Waals surface area contributed by atoms with Crippen molar-refractivity contribution in [2.45, 2.75) is 43.3 Å². The molecular weight excluding hydrogens is 466 g/mol. The number of rotatable bonds is 6. The summed E-state index contributed by atoms with van der Waals surface area (Å²) in [6, 6.07) is 12.7. The maximum atomic E-state index is 13.0. The third kappa shape index (κ3) is 4.51. The van der Waals surface area contributed by atoms with Gasteiger partial charge in [-0.2, -0.15) is 5.01 Å². The van der Waals surface area contributed by atoms with Gasteiger partial charge in [-0.25, -0.2) is 4.79 Å². The van der Waals surface area contributed by atoms with Gasteiger partial charge >= 0.3 is 6.03 Å². The number of imide groups is 1. The van der Waals surface area contributed by atoms with E-state index in [0.717, 1.165) is 29.1 Å². The van der Waals surface area contributed by atoms with E-state index < -0.39 is 17.5 Å². The molecule has 11 heteroatoms. The monoisotopic (exact) mass is 491 g/mol. The van der Waals surface area contributed by atoms with Gasteiger partial charge in [0.1, 0.15) is 5.54 Å². The van der Waals surface area contributed by atoms with E-state index in [-0.39, 0.29) is 11.7 Å². The summed E-state index contributed by atoms with van der Waals surface area (Å²) in [7, 11) is 0. The average Bonchev–Trinajstić information content (AvgIpc) is 3.40. The maximum absolute atomic E-state index is 13.0. The van der Waals surface area contributed by atoms with Crippen LogP contribution in [0.5, 0.6) is 0 Å². The summed E-state index contributed by atoms with van der Waals surface area (Å²) in [5.74, 6) is 0.182. The zero-order valence-electron chi connectivity index (χ0n) is 19.2. The van der Waals surface area contributed by atoms with Gasteiger partial charge in [0.15, 0.2) is 11.0 Å². The van der Waals surface area contributed by atoms with Crippen molar-refractivity contribution in [3.05, 3.63) is 54.9 Å². The molecule has 1 aliphatic carbocycles. The average molecular weight is 492 g/mol. The second-order valence-electron chi connectivity index (χ2n) is 8.88. The molecule has 2 aliphatic rings. The van der Waals surface area contributed by atoms with Crippen LogP contribution in [0.1, 0.15) is 32.6 Å². The predicted molar refractivity (Wildman–Crippen MR) is 129 cm³/mol. The van der Waals surface area contributed by atoms with Crippen LogP contribution < -0.4 is 10.7 Å². The van der Waals surface area contributed by atoms with Crippen LogP contribution in [0.4, 0.5) is 4.79 Å². The number of urea groups is 1. The third-order valence-corrected chi connectivity index (χ3v) is 7.35. The first kappa shape index (κ1) is 23.0. The Labute approximate surface area is 206 Å². The molecule has 3 heterocycles. The Morgan fingerprint density at radius 1 is 1.14 bits per heavy atom. The fraction of sp³-hybridized carbons (Fsp3) is 0.333. The van der Waals surface area contributed by atoms with Gasteiger partial charge in [0.25, 0.3) is 5.91 Å². The fourth-order valence-electron chi connectivity index (χ4n) is 4.46. The van der Waals surface area contributed by atoms with E-state index in [0.29, 0.717) is 29.7 Å². The number of carbonyl (C=O) groups excluding carboxylic acids is 3. The van der Waals surface area contributed by atoms with Crippen LogP contribution in [-0.4, -0.2) is 53.9 Å². The predicted octanol–water partition coefficient (Wildman–Crippen LogP) is 2.95. The van der Waals surface area contributed by atoms with E-state index in [1.54, 1.807) is 12.4 Å². The van der Waals surface area contributed by atoms with Crippen molar-refractivity contribution >= 4 is 29.6 Å². The lowest BCUT2D eigenvalue weighted by atomic mass is 9.77. The first-order valence-electron chi connectivity index (χ1n) is 11.5. The molecule has 1 aliphatic heterocycles. The molecule has 2 N–H and O–H groups in total. The lowest BCUT2D eigenvalue weighted by Gasteiger charge is -2.33. The number of nitrogens with one attached hydrogen (secondary N) is 2. The number of amides is 4. The van der Waals surface area contributed by atoms with Crippen LogP contribution in [0.25, 0.3) is 17.1 Å². The smallest absolute Gasteiger partial charge is 0.322 e. The van der Waals surface area contributed by atoms with Crippen molar-refractivity contribution in [3.63, 3.8) is 0 Å². The summed E-state index contributed by atoms with van der Waals surface area (Å²) >= 11 is 1.17. The summed E-state index contributed by atoms with van der Waals surface area (Å²) in [5.41, 5.74) is 3.19. The Bertz CT molecular complexity index is 1240. The normalized spacial score (nSPS) is 21.9. The number of nitrogens with zero attached hydrogens (tertiary/aromatic N) is 5. The molecule has 1 saturated carbocycles. The van der Waals surface area contributed by atoms with E-state index in [1.165, 1.54) is 11.8 Å². The number of hydrogen-bond donors (Lipinski definition) is 2. The Hall–Kier alpha value is -3.73. The standard InChI is InChI=1S/C24H25N7O3S/c1-16-9-11-24(12-10-16)21(33)31(22(34)26-24)29-19(32)15-35-23-28-27-20(17-6-5-13-25-14-17)30(23)18-7-3-2-4-8-18/h2-8,13-14,16H,9-12,15H2,1H3,(H,26,34)(H,29,32). The summed E-state index contributed by atoms with van der Waals surface area (Å²) in [6.45, 7) is 2.14. The molecule has 0 radical (unpaired) electrons. The molecule has 0 bridgehead atoms. The topological polar surface area (TPSA) is 122 Å². The van der Waals surface area contributed by atoms with Crippen molar-refractivity contribution < 1.29 is 14.4 Å². The van der Waals surface area contributed by atoms with Gasteiger partial charge < -0.3 is 5.32 Å². The minimum Gasteiger partial charge on any atom is -0.322 e. The quantitative estimate of drug-likeness (QED) is 0.402. The summed E-state index contributed by atoms with van der Waals surface area (Å²) < 4.78 is 1.85. The SMILES string of the molecule is CC1CCC2(CC1)NC(=O)N(NC(=O)CSc1nnc(-c3cccnc3)n1-c1ccccc1)C2=O. The Morgan fingerprint density at radius 2 is 1.91 bits per heavy atom.